The highest BCUT2D eigenvalue weighted by atomic mass is 32.2. The largest absolute Gasteiger partial charge is 0.313 e. The highest BCUT2D eigenvalue weighted by Crippen LogP contribution is 2.39. The first kappa shape index (κ1) is 15.4. The van der Waals surface area contributed by atoms with Crippen LogP contribution in [-0.2, 0) is 0 Å². The van der Waals surface area contributed by atoms with E-state index in [-0.39, 0.29) is 0 Å². The van der Waals surface area contributed by atoms with E-state index in [1.165, 1.54) is 64.3 Å². The van der Waals surface area contributed by atoms with Gasteiger partial charge in [0.2, 0.25) is 0 Å². The first-order valence-electron chi connectivity index (χ1n) is 7.51. The molecule has 1 atom stereocenters. The zero-order chi connectivity index (χ0) is 12.6. The molecule has 0 aliphatic heterocycles. The molecule has 1 aliphatic carbocycles. The molecule has 0 heterocycles. The summed E-state index contributed by atoms with van der Waals surface area (Å²) < 4.78 is 0.567. The van der Waals surface area contributed by atoms with Gasteiger partial charge in [0.1, 0.15) is 0 Å². The van der Waals surface area contributed by atoms with Crippen molar-refractivity contribution in [1.82, 2.24) is 5.32 Å². The molecule has 1 saturated carbocycles. The lowest BCUT2D eigenvalue weighted by Crippen LogP contribution is -2.39. The second kappa shape index (κ2) is 8.42. The maximum absolute atomic E-state index is 3.77. The molecule has 0 aromatic heterocycles. The number of rotatable bonds is 9. The lowest BCUT2D eigenvalue weighted by molar-refractivity contribution is 0.443. The fraction of sp³-hybridized carbons (Fsp3) is 1.00. The molecule has 1 nitrogen and oxygen atoms in total. The average molecular weight is 257 g/mol. The number of hydrogen-bond donors (Lipinski definition) is 1. The van der Waals surface area contributed by atoms with Gasteiger partial charge in [-0.15, -0.1) is 0 Å². The average Bonchev–Trinajstić information content (AvgIpc) is 2.82. The van der Waals surface area contributed by atoms with E-state index < -0.39 is 0 Å². The Hall–Kier alpha value is 0.310. The fourth-order valence-corrected chi connectivity index (χ4v) is 3.74. The lowest BCUT2D eigenvalue weighted by atomic mass is 10.1. The van der Waals surface area contributed by atoms with E-state index in [4.69, 9.17) is 0 Å². The van der Waals surface area contributed by atoms with Crippen LogP contribution in [0.15, 0.2) is 0 Å². The van der Waals surface area contributed by atoms with Crippen LogP contribution >= 0.6 is 11.8 Å². The van der Waals surface area contributed by atoms with Gasteiger partial charge >= 0.3 is 0 Å². The highest BCUT2D eigenvalue weighted by Gasteiger charge is 2.32. The van der Waals surface area contributed by atoms with Crippen molar-refractivity contribution in [2.45, 2.75) is 82.4 Å². The van der Waals surface area contributed by atoms with Crippen LogP contribution in [0.1, 0.15) is 71.6 Å². The topological polar surface area (TPSA) is 12.0 Å². The molecule has 1 rings (SSSR count). The molecular weight excluding hydrogens is 226 g/mol. The lowest BCUT2D eigenvalue weighted by Gasteiger charge is -2.29. The first-order valence-corrected chi connectivity index (χ1v) is 8.73. The number of thioether (sulfide) groups is 1. The SMILES string of the molecule is CCCCCCC(C)NCC1(SC)CCCC1. The van der Waals surface area contributed by atoms with Crippen LogP contribution < -0.4 is 5.32 Å². The maximum atomic E-state index is 3.77. The predicted octanol–water partition coefficient (Wildman–Crippen LogP) is 4.61. The third-order valence-electron chi connectivity index (χ3n) is 4.21. The van der Waals surface area contributed by atoms with E-state index in [1.54, 1.807) is 0 Å². The Kier molecular flexibility index (Phi) is 7.61. The van der Waals surface area contributed by atoms with Gasteiger partial charge in [0.25, 0.3) is 0 Å². The smallest absolute Gasteiger partial charge is 0.0281 e. The summed E-state index contributed by atoms with van der Waals surface area (Å²) in [4.78, 5) is 0. The minimum absolute atomic E-state index is 0.567. The van der Waals surface area contributed by atoms with Gasteiger partial charge in [-0.3, -0.25) is 0 Å². The summed E-state index contributed by atoms with van der Waals surface area (Å²) in [5.41, 5.74) is 0. The second-order valence-electron chi connectivity index (χ2n) is 5.73. The second-order valence-corrected chi connectivity index (χ2v) is 7.00. The zero-order valence-electron chi connectivity index (χ0n) is 12.1. The predicted molar refractivity (Wildman–Crippen MR) is 80.9 cm³/mol. The maximum Gasteiger partial charge on any atom is 0.0281 e. The molecule has 102 valence electrons. The third kappa shape index (κ3) is 5.65. The third-order valence-corrected chi connectivity index (χ3v) is 5.63. The molecule has 0 aromatic carbocycles. The molecule has 1 aliphatic rings. The van der Waals surface area contributed by atoms with Gasteiger partial charge < -0.3 is 5.32 Å². The summed E-state index contributed by atoms with van der Waals surface area (Å²) in [6.07, 6.45) is 14.9. The van der Waals surface area contributed by atoms with Crippen LogP contribution in [0, 0.1) is 0 Å². The Morgan fingerprint density at radius 1 is 1.18 bits per heavy atom. The Morgan fingerprint density at radius 3 is 2.47 bits per heavy atom. The molecule has 0 saturated heterocycles. The molecular formula is C15H31NS. The summed E-state index contributed by atoms with van der Waals surface area (Å²) >= 11 is 2.09. The van der Waals surface area contributed by atoms with E-state index in [9.17, 15) is 0 Å². The number of unbranched alkanes of at least 4 members (excludes halogenated alkanes) is 3. The Bertz CT molecular complexity index is 187. The van der Waals surface area contributed by atoms with E-state index >= 15 is 0 Å². The zero-order valence-corrected chi connectivity index (χ0v) is 12.9. The summed E-state index contributed by atoms with van der Waals surface area (Å²) in [5.74, 6) is 0. The first-order chi connectivity index (χ1) is 8.22. The van der Waals surface area contributed by atoms with Crippen LogP contribution in [0.5, 0.6) is 0 Å². The van der Waals surface area contributed by atoms with Crippen LogP contribution in [-0.4, -0.2) is 23.6 Å². The molecule has 0 radical (unpaired) electrons. The molecule has 0 aromatic rings. The van der Waals surface area contributed by atoms with Crippen molar-refractivity contribution in [3.63, 3.8) is 0 Å². The number of hydrogen-bond acceptors (Lipinski definition) is 2. The minimum Gasteiger partial charge on any atom is -0.313 e. The van der Waals surface area contributed by atoms with Crippen molar-refractivity contribution < 1.29 is 0 Å². The van der Waals surface area contributed by atoms with Gasteiger partial charge in [0.15, 0.2) is 0 Å². The van der Waals surface area contributed by atoms with E-state index in [2.05, 4.69) is 37.2 Å². The van der Waals surface area contributed by atoms with Crippen LogP contribution in [0.3, 0.4) is 0 Å². The molecule has 2 heteroatoms. The van der Waals surface area contributed by atoms with E-state index in [1.807, 2.05) is 0 Å². The normalized spacial score (nSPS) is 20.6. The molecule has 0 bridgehead atoms. The van der Waals surface area contributed by atoms with Gasteiger partial charge in [-0.05, 0) is 32.4 Å². The molecule has 17 heavy (non-hydrogen) atoms. The van der Waals surface area contributed by atoms with Gasteiger partial charge in [-0.1, -0.05) is 45.4 Å². The van der Waals surface area contributed by atoms with Gasteiger partial charge in [0.05, 0.1) is 0 Å². The number of nitrogens with one attached hydrogen (secondary N) is 1. The molecule has 1 N–H and O–H groups in total. The van der Waals surface area contributed by atoms with Crippen LogP contribution in [0.4, 0.5) is 0 Å². The fourth-order valence-electron chi connectivity index (χ4n) is 2.81. The quantitative estimate of drug-likeness (QED) is 0.605. The van der Waals surface area contributed by atoms with E-state index in [0.717, 1.165) is 0 Å². The van der Waals surface area contributed by atoms with Crippen LogP contribution in [0.2, 0.25) is 0 Å². The molecule has 0 amide bonds. The summed E-state index contributed by atoms with van der Waals surface area (Å²) in [6, 6.07) is 0.705. The van der Waals surface area contributed by atoms with Crippen molar-refractivity contribution in [1.29, 1.82) is 0 Å². The van der Waals surface area contributed by atoms with Crippen molar-refractivity contribution in [3.8, 4) is 0 Å². The van der Waals surface area contributed by atoms with Gasteiger partial charge in [-0.2, -0.15) is 11.8 Å². The Labute approximate surface area is 113 Å². The van der Waals surface area contributed by atoms with Gasteiger partial charge in [0, 0.05) is 17.3 Å². The van der Waals surface area contributed by atoms with Crippen LogP contribution in [0.25, 0.3) is 0 Å². The molecule has 1 unspecified atom stereocenters. The van der Waals surface area contributed by atoms with Crippen molar-refractivity contribution in [2.24, 2.45) is 0 Å². The molecule has 1 fully saturated rings. The molecule has 0 spiro atoms. The van der Waals surface area contributed by atoms with E-state index in [0.29, 0.717) is 10.8 Å². The van der Waals surface area contributed by atoms with Crippen molar-refractivity contribution in [2.75, 3.05) is 12.8 Å². The monoisotopic (exact) mass is 257 g/mol. The van der Waals surface area contributed by atoms with Crippen molar-refractivity contribution in [3.05, 3.63) is 0 Å². The Balaban J connectivity index is 2.11. The summed E-state index contributed by atoms with van der Waals surface area (Å²) in [5, 5.41) is 3.77. The minimum atomic E-state index is 0.567. The Morgan fingerprint density at radius 2 is 1.88 bits per heavy atom. The van der Waals surface area contributed by atoms with Gasteiger partial charge in [-0.25, -0.2) is 0 Å². The summed E-state index contributed by atoms with van der Waals surface area (Å²) in [6.45, 7) is 5.86. The summed E-state index contributed by atoms with van der Waals surface area (Å²) in [7, 11) is 0. The standard InChI is InChI=1S/C15H31NS/c1-4-5-6-7-10-14(2)16-13-15(17-3)11-8-9-12-15/h14,16H,4-13H2,1-3H3. The highest BCUT2D eigenvalue weighted by molar-refractivity contribution is 8.00. The van der Waals surface area contributed by atoms with Crippen molar-refractivity contribution >= 4 is 11.8 Å².